The molecular weight excluding hydrogens is 283 g/mol. The molecule has 0 aliphatic carbocycles. The van der Waals surface area contributed by atoms with E-state index in [0.29, 0.717) is 28.4 Å². The molecule has 1 aromatic carbocycles. The molecular formula is C14H20Cl2N2O. The summed E-state index contributed by atoms with van der Waals surface area (Å²) in [5, 5.41) is 4.13. The first-order chi connectivity index (χ1) is 8.93. The number of hydrogen-bond acceptors (Lipinski definition) is 2. The quantitative estimate of drug-likeness (QED) is 0.849. The highest BCUT2D eigenvalue weighted by atomic mass is 35.5. The molecule has 0 spiro atoms. The maximum Gasteiger partial charge on any atom is 0.233 e. The van der Waals surface area contributed by atoms with Gasteiger partial charge < -0.3 is 11.1 Å². The standard InChI is InChI=1S/C14H20Cl2N2O/c1-9(2)11(8-18-14(19)7-17)5-10-3-4-12(15)6-13(10)16/h3-4,6,9,11H,5,7-8,17H2,1-2H3,(H,18,19). The van der Waals surface area contributed by atoms with Crippen LogP contribution in [0.4, 0.5) is 0 Å². The predicted molar refractivity (Wildman–Crippen MR) is 80.6 cm³/mol. The Balaban J connectivity index is 2.70. The third kappa shape index (κ3) is 5.39. The van der Waals surface area contributed by atoms with Crippen LogP contribution in [0.15, 0.2) is 18.2 Å². The molecule has 106 valence electrons. The molecule has 3 nitrogen and oxygen atoms in total. The second kappa shape index (κ2) is 7.73. The fraction of sp³-hybridized carbons (Fsp3) is 0.500. The lowest BCUT2D eigenvalue weighted by Gasteiger charge is -2.22. The van der Waals surface area contributed by atoms with Gasteiger partial charge in [-0.3, -0.25) is 4.79 Å². The predicted octanol–water partition coefficient (Wildman–Crippen LogP) is 2.88. The van der Waals surface area contributed by atoms with Crippen molar-refractivity contribution in [3.8, 4) is 0 Å². The first kappa shape index (κ1) is 16.3. The number of hydrogen-bond donors (Lipinski definition) is 2. The monoisotopic (exact) mass is 302 g/mol. The van der Waals surface area contributed by atoms with Crippen molar-refractivity contribution >= 4 is 29.1 Å². The minimum absolute atomic E-state index is 0.0204. The summed E-state index contributed by atoms with van der Waals surface area (Å²) in [7, 11) is 0. The second-order valence-corrected chi connectivity index (χ2v) is 5.80. The summed E-state index contributed by atoms with van der Waals surface area (Å²) in [6.07, 6.45) is 0.804. The molecule has 1 unspecified atom stereocenters. The number of nitrogens with two attached hydrogens (primary N) is 1. The van der Waals surface area contributed by atoms with E-state index in [4.69, 9.17) is 28.9 Å². The van der Waals surface area contributed by atoms with Crippen molar-refractivity contribution < 1.29 is 4.79 Å². The molecule has 0 fully saturated rings. The number of nitrogens with one attached hydrogen (secondary N) is 1. The van der Waals surface area contributed by atoms with Gasteiger partial charge in [-0.15, -0.1) is 0 Å². The summed E-state index contributed by atoms with van der Waals surface area (Å²) in [6.45, 7) is 4.88. The molecule has 0 saturated carbocycles. The van der Waals surface area contributed by atoms with Crippen LogP contribution < -0.4 is 11.1 Å². The zero-order chi connectivity index (χ0) is 14.4. The summed E-state index contributed by atoms with van der Waals surface area (Å²) in [5.74, 6) is 0.617. The van der Waals surface area contributed by atoms with Gasteiger partial charge in [-0.25, -0.2) is 0 Å². The molecule has 0 saturated heterocycles. The van der Waals surface area contributed by atoms with E-state index < -0.39 is 0 Å². The maximum atomic E-state index is 11.2. The molecule has 1 atom stereocenters. The molecule has 0 aromatic heterocycles. The summed E-state index contributed by atoms with van der Waals surface area (Å²) < 4.78 is 0. The molecule has 0 heterocycles. The molecule has 19 heavy (non-hydrogen) atoms. The lowest BCUT2D eigenvalue weighted by molar-refractivity contribution is -0.119. The van der Waals surface area contributed by atoms with Gasteiger partial charge in [0.05, 0.1) is 6.54 Å². The van der Waals surface area contributed by atoms with Crippen molar-refractivity contribution in [3.05, 3.63) is 33.8 Å². The van der Waals surface area contributed by atoms with Gasteiger partial charge in [0.1, 0.15) is 0 Å². The van der Waals surface area contributed by atoms with Crippen molar-refractivity contribution in [2.24, 2.45) is 17.6 Å². The van der Waals surface area contributed by atoms with E-state index in [9.17, 15) is 4.79 Å². The number of rotatable bonds is 6. The fourth-order valence-electron chi connectivity index (χ4n) is 1.83. The van der Waals surface area contributed by atoms with Gasteiger partial charge >= 0.3 is 0 Å². The van der Waals surface area contributed by atoms with E-state index in [1.165, 1.54) is 0 Å². The first-order valence-electron chi connectivity index (χ1n) is 6.34. The van der Waals surface area contributed by atoms with Crippen molar-refractivity contribution in [2.45, 2.75) is 20.3 Å². The zero-order valence-corrected chi connectivity index (χ0v) is 12.8. The van der Waals surface area contributed by atoms with Crippen LogP contribution in [0.3, 0.4) is 0 Å². The minimum atomic E-state index is -0.132. The Hall–Kier alpha value is -0.770. The van der Waals surface area contributed by atoms with E-state index in [1.54, 1.807) is 6.07 Å². The van der Waals surface area contributed by atoms with Gasteiger partial charge in [0, 0.05) is 16.6 Å². The van der Waals surface area contributed by atoms with Gasteiger partial charge in [0.2, 0.25) is 5.91 Å². The molecule has 1 aromatic rings. The molecule has 0 aliphatic rings. The van der Waals surface area contributed by atoms with Crippen LogP contribution >= 0.6 is 23.2 Å². The van der Waals surface area contributed by atoms with Gasteiger partial charge in [-0.05, 0) is 36.0 Å². The number of carbonyl (C=O) groups excluding carboxylic acids is 1. The Kier molecular flexibility index (Phi) is 6.63. The van der Waals surface area contributed by atoms with Crippen LogP contribution in [0.1, 0.15) is 19.4 Å². The SMILES string of the molecule is CC(C)C(CNC(=O)CN)Cc1ccc(Cl)cc1Cl. The fourth-order valence-corrected chi connectivity index (χ4v) is 2.32. The van der Waals surface area contributed by atoms with Gasteiger partial charge in [-0.2, -0.15) is 0 Å². The Labute approximate surface area is 124 Å². The topological polar surface area (TPSA) is 55.1 Å². The Morgan fingerprint density at radius 2 is 2.05 bits per heavy atom. The van der Waals surface area contributed by atoms with Gasteiger partial charge in [0.15, 0.2) is 0 Å². The van der Waals surface area contributed by atoms with E-state index in [2.05, 4.69) is 19.2 Å². The van der Waals surface area contributed by atoms with E-state index in [1.807, 2.05) is 12.1 Å². The normalized spacial score (nSPS) is 12.5. The molecule has 0 radical (unpaired) electrons. The molecule has 0 aliphatic heterocycles. The van der Waals surface area contributed by atoms with E-state index >= 15 is 0 Å². The number of halogens is 2. The average molecular weight is 303 g/mol. The van der Waals surface area contributed by atoms with E-state index in [-0.39, 0.29) is 12.5 Å². The average Bonchev–Trinajstić information content (AvgIpc) is 2.35. The van der Waals surface area contributed by atoms with Crippen molar-refractivity contribution in [3.63, 3.8) is 0 Å². The van der Waals surface area contributed by atoms with Crippen LogP contribution in [0, 0.1) is 11.8 Å². The molecule has 1 rings (SSSR count). The highest BCUT2D eigenvalue weighted by molar-refractivity contribution is 6.35. The first-order valence-corrected chi connectivity index (χ1v) is 7.10. The number of amides is 1. The third-order valence-electron chi connectivity index (χ3n) is 3.19. The largest absolute Gasteiger partial charge is 0.355 e. The number of carbonyl (C=O) groups is 1. The highest BCUT2D eigenvalue weighted by Crippen LogP contribution is 2.25. The Morgan fingerprint density at radius 3 is 2.58 bits per heavy atom. The maximum absolute atomic E-state index is 11.2. The third-order valence-corrected chi connectivity index (χ3v) is 3.77. The van der Waals surface area contributed by atoms with Crippen LogP contribution in [-0.2, 0) is 11.2 Å². The summed E-state index contributed by atoms with van der Waals surface area (Å²) in [4.78, 5) is 11.2. The van der Waals surface area contributed by atoms with Gasteiger partial charge in [0.25, 0.3) is 0 Å². The van der Waals surface area contributed by atoms with Crippen molar-refractivity contribution in [1.82, 2.24) is 5.32 Å². The van der Waals surface area contributed by atoms with E-state index in [0.717, 1.165) is 12.0 Å². The lowest BCUT2D eigenvalue weighted by atomic mass is 9.89. The second-order valence-electron chi connectivity index (χ2n) is 4.95. The summed E-state index contributed by atoms with van der Waals surface area (Å²) in [5.41, 5.74) is 6.33. The van der Waals surface area contributed by atoms with Crippen LogP contribution in [0.25, 0.3) is 0 Å². The molecule has 5 heteroatoms. The summed E-state index contributed by atoms with van der Waals surface area (Å²) >= 11 is 12.1. The van der Waals surface area contributed by atoms with Gasteiger partial charge in [-0.1, -0.05) is 43.1 Å². The number of benzene rings is 1. The Morgan fingerprint density at radius 1 is 1.37 bits per heavy atom. The molecule has 3 N–H and O–H groups in total. The summed E-state index contributed by atoms with van der Waals surface area (Å²) in [6, 6.07) is 5.51. The molecule has 0 bridgehead atoms. The van der Waals surface area contributed by atoms with Crippen molar-refractivity contribution in [2.75, 3.05) is 13.1 Å². The molecule has 1 amide bonds. The Bertz CT molecular complexity index is 435. The lowest BCUT2D eigenvalue weighted by Crippen LogP contribution is -2.36. The minimum Gasteiger partial charge on any atom is -0.355 e. The van der Waals surface area contributed by atoms with Crippen LogP contribution in [0.2, 0.25) is 10.0 Å². The zero-order valence-electron chi connectivity index (χ0n) is 11.2. The van der Waals surface area contributed by atoms with Crippen LogP contribution in [0.5, 0.6) is 0 Å². The van der Waals surface area contributed by atoms with Crippen molar-refractivity contribution in [1.29, 1.82) is 0 Å². The van der Waals surface area contributed by atoms with Crippen LogP contribution in [-0.4, -0.2) is 19.0 Å². The smallest absolute Gasteiger partial charge is 0.233 e. The highest BCUT2D eigenvalue weighted by Gasteiger charge is 2.16.